The summed E-state index contributed by atoms with van der Waals surface area (Å²) in [4.78, 5) is 12.8. The Morgan fingerprint density at radius 3 is 2.25 bits per heavy atom. The molecule has 0 fully saturated rings. The molecule has 1 heterocycles. The minimum Gasteiger partial charge on any atom is -0.382 e. The van der Waals surface area contributed by atoms with Gasteiger partial charge < -0.3 is 11.1 Å². The molecule has 7 nitrogen and oxygen atoms in total. The first-order chi connectivity index (χ1) is 14.9. The van der Waals surface area contributed by atoms with E-state index in [4.69, 9.17) is 5.73 Å². The molecule has 170 valence electrons. The van der Waals surface area contributed by atoms with Crippen molar-refractivity contribution in [2.24, 2.45) is 5.41 Å². The highest BCUT2D eigenvalue weighted by Gasteiger charge is 2.15. The molecule has 0 aliphatic rings. The molecule has 0 unspecified atom stereocenters. The van der Waals surface area contributed by atoms with Crippen molar-refractivity contribution in [3.8, 4) is 11.1 Å². The molecule has 32 heavy (non-hydrogen) atoms. The van der Waals surface area contributed by atoms with E-state index in [0.717, 1.165) is 23.2 Å². The molecule has 0 saturated carbocycles. The van der Waals surface area contributed by atoms with Gasteiger partial charge in [0, 0.05) is 36.7 Å². The van der Waals surface area contributed by atoms with Crippen LogP contribution < -0.4 is 11.1 Å². The highest BCUT2D eigenvalue weighted by molar-refractivity contribution is 7.90. The maximum absolute atomic E-state index is 12.5. The van der Waals surface area contributed by atoms with Gasteiger partial charge in [-0.05, 0) is 47.2 Å². The van der Waals surface area contributed by atoms with E-state index < -0.39 is 9.84 Å². The van der Waals surface area contributed by atoms with Crippen molar-refractivity contribution in [1.82, 2.24) is 15.1 Å². The SMILES string of the molecule is CC(C)(C)Cn1cc(-c2ccc(C(=O)NCCc3ccc(S(C)(=O)=O)cc3)cc2)c(N)n1. The van der Waals surface area contributed by atoms with E-state index in [0.29, 0.717) is 24.3 Å². The Labute approximate surface area is 189 Å². The van der Waals surface area contributed by atoms with Crippen molar-refractivity contribution in [2.45, 2.75) is 38.6 Å². The smallest absolute Gasteiger partial charge is 0.251 e. The normalized spacial score (nSPS) is 12.0. The van der Waals surface area contributed by atoms with E-state index in [2.05, 4.69) is 31.2 Å². The molecule has 2 aromatic carbocycles. The first kappa shape index (κ1) is 23.5. The Bertz CT molecular complexity index is 1190. The van der Waals surface area contributed by atoms with Gasteiger partial charge in [0.15, 0.2) is 15.7 Å². The van der Waals surface area contributed by atoms with Gasteiger partial charge in [-0.3, -0.25) is 9.48 Å². The number of carbonyl (C=O) groups excluding carboxylic acids is 1. The van der Waals surface area contributed by atoms with Gasteiger partial charge in [-0.1, -0.05) is 45.0 Å². The number of nitrogens with zero attached hydrogens (tertiary/aromatic N) is 2. The van der Waals surface area contributed by atoms with Crippen molar-refractivity contribution < 1.29 is 13.2 Å². The number of hydrogen-bond donors (Lipinski definition) is 2. The standard InChI is InChI=1S/C24H30N4O3S/c1-24(2,3)16-28-15-21(22(25)27-28)18-7-9-19(10-8-18)23(29)26-14-13-17-5-11-20(12-6-17)32(4,30)31/h5-12,15H,13-14,16H2,1-4H3,(H2,25,27)(H,26,29). The zero-order valence-corrected chi connectivity index (χ0v) is 19.7. The number of aromatic nitrogens is 2. The lowest BCUT2D eigenvalue weighted by Gasteiger charge is -2.17. The predicted octanol–water partition coefficient (Wildman–Crippen LogP) is 3.55. The average Bonchev–Trinajstić information content (AvgIpc) is 3.06. The Balaban J connectivity index is 1.58. The summed E-state index contributed by atoms with van der Waals surface area (Å²) < 4.78 is 24.9. The number of nitrogens with one attached hydrogen (secondary N) is 1. The summed E-state index contributed by atoms with van der Waals surface area (Å²) in [5, 5.41) is 7.29. The van der Waals surface area contributed by atoms with Crippen molar-refractivity contribution in [3.05, 3.63) is 65.9 Å². The van der Waals surface area contributed by atoms with Crippen LogP contribution in [0.5, 0.6) is 0 Å². The van der Waals surface area contributed by atoms with Gasteiger partial charge in [0.1, 0.15) is 0 Å². The van der Waals surface area contributed by atoms with Gasteiger partial charge in [-0.2, -0.15) is 5.10 Å². The van der Waals surface area contributed by atoms with Crippen LogP contribution in [0.3, 0.4) is 0 Å². The molecule has 1 amide bonds. The highest BCUT2D eigenvalue weighted by Crippen LogP contribution is 2.27. The van der Waals surface area contributed by atoms with E-state index in [1.807, 2.05) is 23.0 Å². The van der Waals surface area contributed by atoms with Crippen LogP contribution in [0.1, 0.15) is 36.7 Å². The third-order valence-electron chi connectivity index (χ3n) is 4.94. The zero-order chi connectivity index (χ0) is 23.5. The second-order valence-electron chi connectivity index (χ2n) is 9.19. The van der Waals surface area contributed by atoms with Crippen LogP contribution in [-0.4, -0.2) is 36.9 Å². The topological polar surface area (TPSA) is 107 Å². The number of amides is 1. The lowest BCUT2D eigenvalue weighted by atomic mass is 9.97. The monoisotopic (exact) mass is 454 g/mol. The molecule has 0 bridgehead atoms. The fourth-order valence-corrected chi connectivity index (χ4v) is 3.98. The van der Waals surface area contributed by atoms with Crippen LogP contribution in [0.25, 0.3) is 11.1 Å². The van der Waals surface area contributed by atoms with Crippen molar-refractivity contribution in [1.29, 1.82) is 0 Å². The van der Waals surface area contributed by atoms with Gasteiger partial charge in [0.05, 0.1) is 4.90 Å². The number of nitrogens with two attached hydrogens (primary N) is 1. The third-order valence-corrected chi connectivity index (χ3v) is 6.06. The van der Waals surface area contributed by atoms with E-state index >= 15 is 0 Å². The summed E-state index contributed by atoms with van der Waals surface area (Å²) in [5.74, 6) is 0.300. The third kappa shape index (κ3) is 6.20. The minimum absolute atomic E-state index is 0.0907. The van der Waals surface area contributed by atoms with Crippen molar-refractivity contribution in [2.75, 3.05) is 18.5 Å². The molecular formula is C24H30N4O3S. The molecule has 3 N–H and O–H groups in total. The van der Waals surface area contributed by atoms with Crippen molar-refractivity contribution >= 4 is 21.6 Å². The molecule has 0 spiro atoms. The molecule has 0 atom stereocenters. The predicted molar refractivity (Wildman–Crippen MR) is 127 cm³/mol. The van der Waals surface area contributed by atoms with Crippen LogP contribution >= 0.6 is 0 Å². The van der Waals surface area contributed by atoms with Crippen LogP contribution in [0.2, 0.25) is 0 Å². The number of benzene rings is 2. The summed E-state index contributed by atoms with van der Waals surface area (Å²) in [6.45, 7) is 7.63. The van der Waals surface area contributed by atoms with Crippen LogP contribution in [0, 0.1) is 5.41 Å². The molecule has 8 heteroatoms. The number of carbonyl (C=O) groups is 1. The van der Waals surface area contributed by atoms with E-state index in [1.165, 1.54) is 6.26 Å². The Morgan fingerprint density at radius 1 is 1.06 bits per heavy atom. The quantitative estimate of drug-likeness (QED) is 0.568. The number of sulfone groups is 1. The molecule has 0 saturated heterocycles. The number of rotatable bonds is 7. The summed E-state index contributed by atoms with van der Waals surface area (Å²) in [7, 11) is -3.21. The molecule has 1 aromatic heterocycles. The molecule has 3 rings (SSSR count). The molecular weight excluding hydrogens is 424 g/mol. The number of anilines is 1. The lowest BCUT2D eigenvalue weighted by Crippen LogP contribution is -2.25. The summed E-state index contributed by atoms with van der Waals surface area (Å²) in [5.41, 5.74) is 9.46. The summed E-state index contributed by atoms with van der Waals surface area (Å²) >= 11 is 0. The van der Waals surface area contributed by atoms with Gasteiger partial charge in [-0.15, -0.1) is 0 Å². The Morgan fingerprint density at radius 2 is 1.69 bits per heavy atom. The Kier molecular flexibility index (Phi) is 6.74. The first-order valence-corrected chi connectivity index (χ1v) is 12.3. The molecule has 3 aromatic rings. The maximum atomic E-state index is 12.5. The van der Waals surface area contributed by atoms with Crippen LogP contribution in [0.15, 0.2) is 59.6 Å². The average molecular weight is 455 g/mol. The number of hydrogen-bond acceptors (Lipinski definition) is 5. The van der Waals surface area contributed by atoms with Gasteiger partial charge >= 0.3 is 0 Å². The van der Waals surface area contributed by atoms with Crippen LogP contribution in [-0.2, 0) is 22.8 Å². The molecule has 0 aliphatic carbocycles. The Hall–Kier alpha value is -3.13. The molecule has 0 aliphatic heterocycles. The van der Waals surface area contributed by atoms with Gasteiger partial charge in [0.25, 0.3) is 5.91 Å². The lowest BCUT2D eigenvalue weighted by molar-refractivity contribution is 0.0954. The summed E-state index contributed by atoms with van der Waals surface area (Å²) in [6.07, 6.45) is 3.72. The highest BCUT2D eigenvalue weighted by atomic mass is 32.2. The second kappa shape index (κ2) is 9.16. The fraction of sp³-hybridized carbons (Fsp3) is 0.333. The van der Waals surface area contributed by atoms with Gasteiger partial charge in [0.2, 0.25) is 0 Å². The second-order valence-corrected chi connectivity index (χ2v) is 11.2. The summed E-state index contributed by atoms with van der Waals surface area (Å²) in [6, 6.07) is 14.0. The maximum Gasteiger partial charge on any atom is 0.251 e. The zero-order valence-electron chi connectivity index (χ0n) is 18.9. The van der Waals surface area contributed by atoms with Crippen molar-refractivity contribution in [3.63, 3.8) is 0 Å². The van der Waals surface area contributed by atoms with Crippen LogP contribution in [0.4, 0.5) is 5.82 Å². The largest absolute Gasteiger partial charge is 0.382 e. The fourth-order valence-electron chi connectivity index (χ4n) is 3.35. The first-order valence-electron chi connectivity index (χ1n) is 10.4. The minimum atomic E-state index is -3.21. The van der Waals surface area contributed by atoms with E-state index in [-0.39, 0.29) is 16.2 Å². The van der Waals surface area contributed by atoms with Gasteiger partial charge in [-0.25, -0.2) is 8.42 Å². The molecule has 0 radical (unpaired) electrons. The van der Waals surface area contributed by atoms with E-state index in [1.54, 1.807) is 36.4 Å². The van der Waals surface area contributed by atoms with E-state index in [9.17, 15) is 13.2 Å². The number of nitrogen functional groups attached to an aromatic ring is 1.